The summed E-state index contributed by atoms with van der Waals surface area (Å²) < 4.78 is 26.2. The molecule has 3 rings (SSSR count). The summed E-state index contributed by atoms with van der Waals surface area (Å²) in [6.07, 6.45) is 1.78. The van der Waals surface area contributed by atoms with Crippen molar-refractivity contribution in [2.75, 3.05) is 19.6 Å². The first-order valence-corrected chi connectivity index (χ1v) is 9.28. The van der Waals surface area contributed by atoms with Gasteiger partial charge in [-0.2, -0.15) is 0 Å². The molecule has 1 amide bonds. The molecule has 2 fully saturated rings. The summed E-state index contributed by atoms with van der Waals surface area (Å²) in [6.45, 7) is 9.74. The van der Waals surface area contributed by atoms with Gasteiger partial charge in [0.2, 0.25) is 0 Å². The van der Waals surface area contributed by atoms with Gasteiger partial charge in [-0.3, -0.25) is 4.79 Å². The van der Waals surface area contributed by atoms with Gasteiger partial charge in [-0.05, 0) is 76.7 Å². The minimum atomic E-state index is -0.690. The monoisotopic (exact) mass is 398 g/mol. The van der Waals surface area contributed by atoms with E-state index in [1.54, 1.807) is 11.0 Å². The maximum Gasteiger partial charge on any atom is 0.494 e. The molecule has 5 nitrogen and oxygen atoms in total. The van der Waals surface area contributed by atoms with Crippen LogP contribution in [0.4, 0.5) is 4.39 Å². The van der Waals surface area contributed by atoms with Crippen molar-refractivity contribution in [3.05, 3.63) is 29.6 Å². The molecular formula is C19H29BClFN2O3. The van der Waals surface area contributed by atoms with E-state index in [9.17, 15) is 9.18 Å². The third kappa shape index (κ3) is 4.48. The van der Waals surface area contributed by atoms with Crippen LogP contribution in [0.2, 0.25) is 0 Å². The Hall–Kier alpha value is -1.15. The third-order valence-electron chi connectivity index (χ3n) is 5.93. The Balaban J connectivity index is 0.00000261. The first-order chi connectivity index (χ1) is 12.1. The molecule has 2 N–H and O–H groups in total. The van der Waals surface area contributed by atoms with E-state index in [-0.39, 0.29) is 18.3 Å². The van der Waals surface area contributed by atoms with Crippen LogP contribution < -0.4 is 11.2 Å². The van der Waals surface area contributed by atoms with E-state index in [2.05, 4.69) is 0 Å². The van der Waals surface area contributed by atoms with Crippen molar-refractivity contribution in [2.45, 2.75) is 51.7 Å². The van der Waals surface area contributed by atoms with Crippen LogP contribution in [0.3, 0.4) is 0 Å². The molecule has 0 spiro atoms. The number of benzene rings is 1. The molecule has 0 bridgehead atoms. The van der Waals surface area contributed by atoms with Crippen LogP contribution in [0.15, 0.2) is 18.2 Å². The van der Waals surface area contributed by atoms with Crippen molar-refractivity contribution in [3.63, 3.8) is 0 Å². The fourth-order valence-corrected chi connectivity index (χ4v) is 3.41. The molecule has 0 aliphatic carbocycles. The molecule has 2 heterocycles. The zero-order chi connectivity index (χ0) is 19.1. The topological polar surface area (TPSA) is 64.8 Å². The van der Waals surface area contributed by atoms with Crippen LogP contribution in [0.25, 0.3) is 0 Å². The van der Waals surface area contributed by atoms with Crippen molar-refractivity contribution in [2.24, 2.45) is 11.7 Å². The van der Waals surface area contributed by atoms with Gasteiger partial charge in [-0.25, -0.2) is 4.39 Å². The number of nitrogens with zero attached hydrogens (tertiary/aromatic N) is 1. The molecular weight excluding hydrogens is 369 g/mol. The van der Waals surface area contributed by atoms with E-state index in [1.807, 2.05) is 27.7 Å². The quantitative estimate of drug-likeness (QED) is 0.794. The molecule has 27 heavy (non-hydrogen) atoms. The molecule has 1 aromatic rings. The number of nitrogens with two attached hydrogens (primary N) is 1. The average molecular weight is 399 g/mol. The summed E-state index contributed by atoms with van der Waals surface area (Å²) in [7, 11) is -0.690. The van der Waals surface area contributed by atoms with E-state index in [0.717, 1.165) is 12.8 Å². The summed E-state index contributed by atoms with van der Waals surface area (Å²) >= 11 is 0. The molecule has 0 unspecified atom stereocenters. The molecule has 150 valence electrons. The first-order valence-electron chi connectivity index (χ1n) is 9.28. The van der Waals surface area contributed by atoms with E-state index in [4.69, 9.17) is 15.0 Å². The summed E-state index contributed by atoms with van der Waals surface area (Å²) in [5.41, 5.74) is 5.54. The predicted molar refractivity (Wildman–Crippen MR) is 107 cm³/mol. The molecule has 2 saturated heterocycles. The first kappa shape index (κ1) is 22.1. The molecule has 1 aromatic carbocycles. The Morgan fingerprint density at radius 2 is 1.74 bits per heavy atom. The lowest BCUT2D eigenvalue weighted by Crippen LogP contribution is -2.41. The van der Waals surface area contributed by atoms with E-state index in [0.29, 0.717) is 36.6 Å². The number of piperidine rings is 1. The Morgan fingerprint density at radius 3 is 2.26 bits per heavy atom. The number of amides is 1. The van der Waals surface area contributed by atoms with Gasteiger partial charge in [-0.1, -0.05) is 0 Å². The van der Waals surface area contributed by atoms with Gasteiger partial charge in [0.25, 0.3) is 5.91 Å². The van der Waals surface area contributed by atoms with Gasteiger partial charge in [0.15, 0.2) is 0 Å². The van der Waals surface area contributed by atoms with Gasteiger partial charge < -0.3 is 19.9 Å². The lowest BCUT2D eigenvalue weighted by Gasteiger charge is -2.32. The maximum absolute atomic E-state index is 14.2. The van der Waals surface area contributed by atoms with E-state index >= 15 is 0 Å². The van der Waals surface area contributed by atoms with Crippen molar-refractivity contribution < 1.29 is 18.5 Å². The van der Waals surface area contributed by atoms with Crippen LogP contribution in [-0.4, -0.2) is 48.8 Å². The smallest absolute Gasteiger partial charge is 0.399 e. The lowest BCUT2D eigenvalue weighted by atomic mass is 9.78. The lowest BCUT2D eigenvalue weighted by molar-refractivity contribution is 0.00578. The van der Waals surface area contributed by atoms with Gasteiger partial charge in [0, 0.05) is 18.7 Å². The molecule has 2 aliphatic rings. The van der Waals surface area contributed by atoms with Gasteiger partial charge in [0.05, 0.1) is 11.2 Å². The molecule has 2 aliphatic heterocycles. The molecule has 0 saturated carbocycles. The average Bonchev–Trinajstić information content (AvgIpc) is 2.81. The van der Waals surface area contributed by atoms with Gasteiger partial charge >= 0.3 is 7.12 Å². The van der Waals surface area contributed by atoms with Crippen molar-refractivity contribution in [1.82, 2.24) is 4.90 Å². The second kappa shape index (κ2) is 8.07. The highest BCUT2D eigenvalue weighted by Gasteiger charge is 2.51. The summed E-state index contributed by atoms with van der Waals surface area (Å²) in [5.74, 6) is -0.151. The number of likely N-dealkylation sites (tertiary alicyclic amines) is 1. The zero-order valence-corrected chi connectivity index (χ0v) is 17.3. The van der Waals surface area contributed by atoms with Gasteiger partial charge in [-0.15, -0.1) is 12.4 Å². The SMILES string of the molecule is CC1(C)OB(c2cc(F)cc(C(=O)N3CCC(CN)CC3)c2)OC1(C)C.Cl. The number of rotatable bonds is 3. The number of hydrogen-bond donors (Lipinski definition) is 1. The van der Waals surface area contributed by atoms with E-state index in [1.165, 1.54) is 12.1 Å². The Bertz CT molecular complexity index is 678. The number of hydrogen-bond acceptors (Lipinski definition) is 4. The fourth-order valence-electron chi connectivity index (χ4n) is 3.41. The van der Waals surface area contributed by atoms with Crippen LogP contribution in [0.1, 0.15) is 50.9 Å². The standard InChI is InChI=1S/C19H28BFN2O3.ClH/c1-18(2)19(3,4)26-20(25-18)15-9-14(10-16(21)11-15)17(24)23-7-5-13(12-22)6-8-23;/h9-11,13H,5-8,12,22H2,1-4H3;1H. The van der Waals surface area contributed by atoms with Crippen LogP contribution >= 0.6 is 12.4 Å². The molecule has 8 heteroatoms. The summed E-state index contributed by atoms with van der Waals surface area (Å²) in [4.78, 5) is 14.6. The zero-order valence-electron chi connectivity index (χ0n) is 16.5. The maximum atomic E-state index is 14.2. The van der Waals surface area contributed by atoms with Crippen molar-refractivity contribution >= 4 is 30.9 Å². The Labute approximate surface area is 167 Å². The second-order valence-corrected chi connectivity index (χ2v) is 8.33. The largest absolute Gasteiger partial charge is 0.494 e. The van der Waals surface area contributed by atoms with Gasteiger partial charge in [0.1, 0.15) is 5.82 Å². The van der Waals surface area contributed by atoms with Crippen molar-refractivity contribution in [3.8, 4) is 0 Å². The highest BCUT2D eigenvalue weighted by Crippen LogP contribution is 2.36. The van der Waals surface area contributed by atoms with Crippen molar-refractivity contribution in [1.29, 1.82) is 0 Å². The minimum absolute atomic E-state index is 0. The molecule has 0 atom stereocenters. The Kier molecular flexibility index (Phi) is 6.62. The predicted octanol–water partition coefficient (Wildman–Crippen LogP) is 2.36. The minimum Gasteiger partial charge on any atom is -0.399 e. The highest BCUT2D eigenvalue weighted by atomic mass is 35.5. The van der Waals surface area contributed by atoms with E-state index < -0.39 is 24.1 Å². The molecule has 0 radical (unpaired) electrons. The van der Waals surface area contributed by atoms with Crippen LogP contribution in [-0.2, 0) is 9.31 Å². The van der Waals surface area contributed by atoms with Crippen LogP contribution in [0.5, 0.6) is 0 Å². The Morgan fingerprint density at radius 1 is 1.19 bits per heavy atom. The highest BCUT2D eigenvalue weighted by molar-refractivity contribution is 6.62. The number of carbonyl (C=O) groups is 1. The normalized spacial score (nSPS) is 21.9. The number of halogens is 2. The molecule has 0 aromatic heterocycles. The summed E-state index contributed by atoms with van der Waals surface area (Å²) in [6, 6.07) is 4.34. The fraction of sp³-hybridized carbons (Fsp3) is 0.632. The number of carbonyl (C=O) groups excluding carboxylic acids is 1. The third-order valence-corrected chi connectivity index (χ3v) is 5.93. The second-order valence-electron chi connectivity index (χ2n) is 8.33. The van der Waals surface area contributed by atoms with Crippen LogP contribution in [0, 0.1) is 11.7 Å². The summed E-state index contributed by atoms with van der Waals surface area (Å²) in [5, 5.41) is 0.